The molecule has 1 heterocycles. The molecule has 1 unspecified atom stereocenters. The third kappa shape index (κ3) is 2.54. The number of nitrogens with zero attached hydrogens (tertiary/aromatic N) is 2. The van der Waals surface area contributed by atoms with Crippen molar-refractivity contribution in [2.24, 2.45) is 5.73 Å². The third-order valence-electron chi connectivity index (χ3n) is 2.60. The van der Waals surface area contributed by atoms with Crippen LogP contribution in [0.4, 0.5) is 0 Å². The van der Waals surface area contributed by atoms with Crippen LogP contribution in [0.5, 0.6) is 5.75 Å². The standard InChI is InChI=1S/C12H14BrN3O2/c1-3-9(14)12-16-15-11(18-12)7-4-5-10(17-2)8(13)6-7/h4-6,9H,3,14H2,1-2H3. The Hall–Kier alpha value is -1.40. The number of aromatic nitrogens is 2. The smallest absolute Gasteiger partial charge is 0.247 e. The molecule has 0 fully saturated rings. The van der Waals surface area contributed by atoms with Crippen LogP contribution < -0.4 is 10.5 Å². The number of ether oxygens (including phenoxy) is 1. The van der Waals surface area contributed by atoms with Gasteiger partial charge in [0.15, 0.2) is 0 Å². The zero-order valence-electron chi connectivity index (χ0n) is 10.2. The van der Waals surface area contributed by atoms with Gasteiger partial charge in [-0.3, -0.25) is 0 Å². The van der Waals surface area contributed by atoms with Gasteiger partial charge < -0.3 is 14.9 Å². The lowest BCUT2D eigenvalue weighted by Gasteiger charge is -2.04. The number of hydrogen-bond acceptors (Lipinski definition) is 5. The van der Waals surface area contributed by atoms with Crippen LogP contribution in [0.2, 0.25) is 0 Å². The molecule has 0 saturated heterocycles. The van der Waals surface area contributed by atoms with Crippen LogP contribution in [-0.2, 0) is 0 Å². The largest absolute Gasteiger partial charge is 0.496 e. The first-order valence-corrected chi connectivity index (χ1v) is 6.38. The van der Waals surface area contributed by atoms with Crippen molar-refractivity contribution >= 4 is 15.9 Å². The predicted molar refractivity (Wildman–Crippen MR) is 71.2 cm³/mol. The fourth-order valence-electron chi connectivity index (χ4n) is 1.48. The first kappa shape index (κ1) is 13.0. The number of nitrogens with two attached hydrogens (primary N) is 1. The van der Waals surface area contributed by atoms with Crippen molar-refractivity contribution in [1.29, 1.82) is 0 Å². The van der Waals surface area contributed by atoms with Crippen molar-refractivity contribution in [1.82, 2.24) is 10.2 Å². The second-order valence-electron chi connectivity index (χ2n) is 3.81. The lowest BCUT2D eigenvalue weighted by molar-refractivity contribution is 0.412. The molecule has 0 amide bonds. The Labute approximate surface area is 113 Å². The van der Waals surface area contributed by atoms with Crippen LogP contribution in [0.1, 0.15) is 25.3 Å². The van der Waals surface area contributed by atoms with Crippen molar-refractivity contribution in [3.63, 3.8) is 0 Å². The van der Waals surface area contributed by atoms with Gasteiger partial charge in [0.05, 0.1) is 17.6 Å². The molecule has 0 radical (unpaired) electrons. The van der Waals surface area contributed by atoms with Crippen LogP contribution in [0.15, 0.2) is 27.1 Å². The van der Waals surface area contributed by atoms with E-state index in [2.05, 4.69) is 26.1 Å². The van der Waals surface area contributed by atoms with Crippen LogP contribution in [-0.4, -0.2) is 17.3 Å². The highest BCUT2D eigenvalue weighted by Gasteiger charge is 2.14. The lowest BCUT2D eigenvalue weighted by atomic mass is 10.2. The summed E-state index contributed by atoms with van der Waals surface area (Å²) in [6.45, 7) is 1.97. The van der Waals surface area contributed by atoms with Crippen LogP contribution in [0.3, 0.4) is 0 Å². The Bertz CT molecular complexity index is 542. The van der Waals surface area contributed by atoms with E-state index in [0.717, 1.165) is 22.2 Å². The second-order valence-corrected chi connectivity index (χ2v) is 4.66. The van der Waals surface area contributed by atoms with Crippen molar-refractivity contribution < 1.29 is 9.15 Å². The molecular weight excluding hydrogens is 298 g/mol. The summed E-state index contributed by atoms with van der Waals surface area (Å²) in [5.74, 6) is 1.67. The summed E-state index contributed by atoms with van der Waals surface area (Å²) in [5.41, 5.74) is 6.66. The summed E-state index contributed by atoms with van der Waals surface area (Å²) in [7, 11) is 1.62. The van der Waals surface area contributed by atoms with Crippen LogP contribution in [0.25, 0.3) is 11.5 Å². The fourth-order valence-corrected chi connectivity index (χ4v) is 2.02. The SMILES string of the molecule is CCC(N)c1nnc(-c2ccc(OC)c(Br)c2)o1. The maximum Gasteiger partial charge on any atom is 0.247 e. The summed E-state index contributed by atoms with van der Waals surface area (Å²) >= 11 is 3.41. The fraction of sp³-hybridized carbons (Fsp3) is 0.333. The van der Waals surface area contributed by atoms with E-state index in [1.54, 1.807) is 7.11 Å². The van der Waals surface area contributed by atoms with Crippen molar-refractivity contribution in [2.45, 2.75) is 19.4 Å². The second kappa shape index (κ2) is 5.49. The monoisotopic (exact) mass is 311 g/mol. The molecule has 0 aliphatic heterocycles. The van der Waals surface area contributed by atoms with Crippen molar-refractivity contribution in [3.8, 4) is 17.2 Å². The molecule has 2 aromatic rings. The Morgan fingerprint density at radius 2 is 2.22 bits per heavy atom. The normalized spacial score (nSPS) is 12.4. The van der Waals surface area contributed by atoms with Crippen LogP contribution >= 0.6 is 15.9 Å². The summed E-state index contributed by atoms with van der Waals surface area (Å²) in [4.78, 5) is 0. The van der Waals surface area contributed by atoms with Gasteiger partial charge in [-0.25, -0.2) is 0 Å². The molecule has 96 valence electrons. The van der Waals surface area contributed by atoms with E-state index < -0.39 is 0 Å². The first-order valence-electron chi connectivity index (χ1n) is 5.58. The summed E-state index contributed by atoms with van der Waals surface area (Å²) < 4.78 is 11.5. The number of benzene rings is 1. The average molecular weight is 312 g/mol. The van der Waals surface area contributed by atoms with E-state index in [1.165, 1.54) is 0 Å². The van der Waals surface area contributed by atoms with E-state index >= 15 is 0 Å². The molecule has 0 aliphatic carbocycles. The van der Waals surface area contributed by atoms with E-state index in [0.29, 0.717) is 11.8 Å². The van der Waals surface area contributed by atoms with Crippen LogP contribution in [0, 0.1) is 0 Å². The number of methoxy groups -OCH3 is 1. The van der Waals surface area contributed by atoms with Gasteiger partial charge in [0.25, 0.3) is 0 Å². The maximum absolute atomic E-state index is 5.84. The van der Waals surface area contributed by atoms with Gasteiger partial charge in [-0.1, -0.05) is 6.92 Å². The molecule has 1 aromatic carbocycles. The minimum atomic E-state index is -0.215. The summed E-state index contributed by atoms with van der Waals surface area (Å²) in [5, 5.41) is 7.94. The highest BCUT2D eigenvalue weighted by molar-refractivity contribution is 9.10. The van der Waals surface area contributed by atoms with E-state index in [9.17, 15) is 0 Å². The van der Waals surface area contributed by atoms with Gasteiger partial charge in [0.1, 0.15) is 5.75 Å². The molecule has 0 bridgehead atoms. The van der Waals surface area contributed by atoms with Crippen molar-refractivity contribution in [2.75, 3.05) is 7.11 Å². The van der Waals surface area contributed by atoms with Gasteiger partial charge in [0.2, 0.25) is 11.8 Å². The minimum absolute atomic E-state index is 0.215. The Morgan fingerprint density at radius 1 is 1.44 bits per heavy atom. The maximum atomic E-state index is 5.84. The van der Waals surface area contributed by atoms with Gasteiger partial charge in [0, 0.05) is 5.56 Å². The molecule has 2 N–H and O–H groups in total. The van der Waals surface area contributed by atoms with Crippen molar-refractivity contribution in [3.05, 3.63) is 28.6 Å². The molecule has 1 atom stereocenters. The highest BCUT2D eigenvalue weighted by Crippen LogP contribution is 2.30. The Kier molecular flexibility index (Phi) is 3.98. The highest BCUT2D eigenvalue weighted by atomic mass is 79.9. The molecule has 5 nitrogen and oxygen atoms in total. The molecular formula is C12H14BrN3O2. The molecule has 0 spiro atoms. The topological polar surface area (TPSA) is 74.2 Å². The molecule has 2 rings (SSSR count). The van der Waals surface area contributed by atoms with E-state index in [-0.39, 0.29) is 6.04 Å². The number of rotatable bonds is 4. The third-order valence-corrected chi connectivity index (χ3v) is 3.22. The Morgan fingerprint density at radius 3 is 2.83 bits per heavy atom. The number of hydrogen-bond donors (Lipinski definition) is 1. The summed E-state index contributed by atoms with van der Waals surface area (Å²) in [6.07, 6.45) is 0.758. The van der Waals surface area contributed by atoms with E-state index in [4.69, 9.17) is 14.9 Å². The predicted octanol–water partition coefficient (Wildman–Crippen LogP) is 2.92. The van der Waals surface area contributed by atoms with Gasteiger partial charge in [-0.15, -0.1) is 10.2 Å². The van der Waals surface area contributed by atoms with Gasteiger partial charge in [-0.2, -0.15) is 0 Å². The molecule has 0 aliphatic rings. The zero-order chi connectivity index (χ0) is 13.1. The zero-order valence-corrected chi connectivity index (χ0v) is 11.8. The lowest BCUT2D eigenvalue weighted by Crippen LogP contribution is -2.08. The van der Waals surface area contributed by atoms with Gasteiger partial charge >= 0.3 is 0 Å². The molecule has 1 aromatic heterocycles. The molecule has 6 heteroatoms. The summed E-state index contributed by atoms with van der Waals surface area (Å²) in [6, 6.07) is 5.35. The van der Waals surface area contributed by atoms with E-state index in [1.807, 2.05) is 25.1 Å². The van der Waals surface area contributed by atoms with Gasteiger partial charge in [-0.05, 0) is 40.5 Å². The number of halogens is 1. The molecule has 0 saturated carbocycles. The quantitative estimate of drug-likeness (QED) is 0.939. The average Bonchev–Trinajstić information content (AvgIpc) is 2.87. The Balaban J connectivity index is 2.31. The molecule has 18 heavy (non-hydrogen) atoms. The first-order chi connectivity index (χ1) is 8.65. The minimum Gasteiger partial charge on any atom is -0.496 e.